The summed E-state index contributed by atoms with van der Waals surface area (Å²) in [6.07, 6.45) is 4.31. The number of guanidine groups is 1. The van der Waals surface area contributed by atoms with Gasteiger partial charge in [-0.25, -0.2) is 4.99 Å². The first-order valence-electron chi connectivity index (χ1n) is 9.85. The number of aromatic nitrogens is 3. The number of nitrogens with one attached hydrogen (secondary N) is 2. The van der Waals surface area contributed by atoms with Crippen LogP contribution in [0.5, 0.6) is 5.75 Å². The van der Waals surface area contributed by atoms with Gasteiger partial charge in [0.25, 0.3) is 0 Å². The van der Waals surface area contributed by atoms with Crippen LogP contribution in [-0.2, 0) is 19.5 Å². The number of aliphatic imine (C=N–C) groups is 1. The maximum Gasteiger partial charge on any atom is 0.196 e. The van der Waals surface area contributed by atoms with Crippen LogP contribution in [0.2, 0.25) is 0 Å². The molecule has 2 aromatic heterocycles. The van der Waals surface area contributed by atoms with Crippen LogP contribution in [0, 0.1) is 0 Å². The van der Waals surface area contributed by atoms with E-state index in [9.17, 15) is 0 Å². The average Bonchev–Trinajstić information content (AvgIpc) is 3.38. The van der Waals surface area contributed by atoms with Crippen LogP contribution >= 0.6 is 24.0 Å². The Morgan fingerprint density at radius 2 is 2.03 bits per heavy atom. The highest BCUT2D eigenvalue weighted by molar-refractivity contribution is 14.0. The van der Waals surface area contributed by atoms with Crippen molar-refractivity contribution < 1.29 is 9.15 Å². The van der Waals surface area contributed by atoms with Gasteiger partial charge in [-0.05, 0) is 57.2 Å². The Bertz CT molecular complexity index is 891. The summed E-state index contributed by atoms with van der Waals surface area (Å²) >= 11 is 0. The fourth-order valence-corrected chi connectivity index (χ4v) is 2.74. The van der Waals surface area contributed by atoms with Gasteiger partial charge in [0.15, 0.2) is 11.8 Å². The van der Waals surface area contributed by atoms with Crippen molar-refractivity contribution >= 4 is 35.6 Å². The molecule has 9 heteroatoms. The SMILES string of the molecule is CCn1cnnc1CN=C(NCCc1ccco1)Nc1ccc(OC(C)C)cc1.I. The molecule has 162 valence electrons. The summed E-state index contributed by atoms with van der Waals surface area (Å²) in [6, 6.07) is 11.7. The highest BCUT2D eigenvalue weighted by atomic mass is 127. The van der Waals surface area contributed by atoms with Gasteiger partial charge in [0.2, 0.25) is 0 Å². The average molecular weight is 524 g/mol. The summed E-state index contributed by atoms with van der Waals surface area (Å²) in [4.78, 5) is 4.67. The minimum atomic E-state index is 0. The monoisotopic (exact) mass is 524 g/mol. The quantitative estimate of drug-likeness (QED) is 0.249. The summed E-state index contributed by atoms with van der Waals surface area (Å²) in [5, 5.41) is 14.8. The van der Waals surface area contributed by atoms with E-state index in [4.69, 9.17) is 9.15 Å². The third-order valence-electron chi connectivity index (χ3n) is 4.15. The third-order valence-corrected chi connectivity index (χ3v) is 4.15. The van der Waals surface area contributed by atoms with Crippen LogP contribution in [0.25, 0.3) is 0 Å². The van der Waals surface area contributed by atoms with E-state index in [-0.39, 0.29) is 30.1 Å². The Balaban J connectivity index is 0.00000320. The van der Waals surface area contributed by atoms with Crippen molar-refractivity contribution in [2.75, 3.05) is 11.9 Å². The first-order valence-corrected chi connectivity index (χ1v) is 9.85. The van der Waals surface area contributed by atoms with E-state index >= 15 is 0 Å². The van der Waals surface area contributed by atoms with Crippen molar-refractivity contribution in [3.8, 4) is 5.75 Å². The van der Waals surface area contributed by atoms with Gasteiger partial charge in [-0.2, -0.15) is 0 Å². The molecule has 0 bridgehead atoms. The standard InChI is InChI=1S/C21H28N6O2.HI/c1-4-27-15-24-26-20(27)14-23-21(22-12-11-18-6-5-13-28-18)25-17-7-9-19(10-8-17)29-16(2)3;/h5-10,13,15-16H,4,11-12,14H2,1-3H3,(H2,22,23,25);1H. The van der Waals surface area contributed by atoms with Gasteiger partial charge in [-0.15, -0.1) is 34.2 Å². The van der Waals surface area contributed by atoms with Crippen LogP contribution in [0.1, 0.15) is 32.4 Å². The van der Waals surface area contributed by atoms with Crippen LogP contribution in [0.3, 0.4) is 0 Å². The highest BCUT2D eigenvalue weighted by Crippen LogP contribution is 2.17. The number of furan rings is 1. The Kier molecular flexibility index (Phi) is 9.65. The first kappa shape index (κ1) is 23.7. The Morgan fingerprint density at radius 1 is 1.23 bits per heavy atom. The molecular formula is C21H29IN6O2. The molecular weight excluding hydrogens is 495 g/mol. The molecule has 2 N–H and O–H groups in total. The molecule has 0 aliphatic heterocycles. The van der Waals surface area contributed by atoms with Crippen molar-refractivity contribution in [2.45, 2.75) is 46.4 Å². The van der Waals surface area contributed by atoms with E-state index < -0.39 is 0 Å². The Hall–Kier alpha value is -2.56. The fraction of sp³-hybridized carbons (Fsp3) is 0.381. The van der Waals surface area contributed by atoms with Gasteiger partial charge in [-0.3, -0.25) is 0 Å². The molecule has 0 amide bonds. The van der Waals surface area contributed by atoms with Crippen molar-refractivity contribution in [2.24, 2.45) is 4.99 Å². The second-order valence-corrected chi connectivity index (χ2v) is 6.77. The number of ether oxygens (including phenoxy) is 1. The molecule has 2 heterocycles. The number of rotatable bonds is 9. The van der Waals surface area contributed by atoms with E-state index in [2.05, 4.69) is 32.7 Å². The number of aryl methyl sites for hydroxylation is 1. The fourth-order valence-electron chi connectivity index (χ4n) is 2.74. The summed E-state index contributed by atoms with van der Waals surface area (Å²) in [7, 11) is 0. The van der Waals surface area contributed by atoms with Crippen LogP contribution in [-0.4, -0.2) is 33.4 Å². The van der Waals surface area contributed by atoms with E-state index in [1.807, 2.05) is 54.8 Å². The number of halogens is 1. The molecule has 0 radical (unpaired) electrons. The molecule has 0 atom stereocenters. The van der Waals surface area contributed by atoms with E-state index in [1.165, 1.54) is 0 Å². The van der Waals surface area contributed by atoms with Gasteiger partial charge in [0, 0.05) is 25.2 Å². The van der Waals surface area contributed by atoms with Gasteiger partial charge in [-0.1, -0.05) is 0 Å². The van der Waals surface area contributed by atoms with E-state index in [1.54, 1.807) is 12.6 Å². The van der Waals surface area contributed by atoms with Crippen LogP contribution < -0.4 is 15.4 Å². The van der Waals surface area contributed by atoms with Gasteiger partial charge >= 0.3 is 0 Å². The second-order valence-electron chi connectivity index (χ2n) is 6.77. The minimum absolute atomic E-state index is 0. The van der Waals surface area contributed by atoms with Crippen LogP contribution in [0.15, 0.2) is 58.4 Å². The van der Waals surface area contributed by atoms with Gasteiger partial charge < -0.3 is 24.4 Å². The lowest BCUT2D eigenvalue weighted by molar-refractivity contribution is 0.242. The topological polar surface area (TPSA) is 89.5 Å². The minimum Gasteiger partial charge on any atom is -0.491 e. The smallest absolute Gasteiger partial charge is 0.196 e. The number of hydrogen-bond donors (Lipinski definition) is 2. The summed E-state index contributed by atoms with van der Waals surface area (Å²) in [5.41, 5.74) is 0.919. The lowest BCUT2D eigenvalue weighted by atomic mass is 10.3. The molecule has 0 saturated carbocycles. The summed E-state index contributed by atoms with van der Waals surface area (Å²) in [6.45, 7) is 8.00. The predicted octanol–water partition coefficient (Wildman–Crippen LogP) is 4.10. The lowest BCUT2D eigenvalue weighted by Crippen LogP contribution is -2.32. The van der Waals surface area contributed by atoms with E-state index in [0.717, 1.165) is 36.0 Å². The van der Waals surface area contributed by atoms with Gasteiger partial charge in [0.1, 0.15) is 24.4 Å². The number of anilines is 1. The molecule has 8 nitrogen and oxygen atoms in total. The van der Waals surface area contributed by atoms with Crippen LogP contribution in [0.4, 0.5) is 5.69 Å². The predicted molar refractivity (Wildman–Crippen MR) is 128 cm³/mol. The van der Waals surface area contributed by atoms with Crippen molar-refractivity contribution in [1.29, 1.82) is 0 Å². The zero-order chi connectivity index (χ0) is 20.5. The molecule has 1 aromatic carbocycles. The Labute approximate surface area is 194 Å². The number of nitrogens with zero attached hydrogens (tertiary/aromatic N) is 4. The second kappa shape index (κ2) is 12.2. The molecule has 0 fully saturated rings. The van der Waals surface area contributed by atoms with E-state index in [0.29, 0.717) is 19.0 Å². The summed E-state index contributed by atoms with van der Waals surface area (Å²) < 4.78 is 13.1. The molecule has 3 aromatic rings. The molecule has 0 saturated heterocycles. The number of benzene rings is 1. The highest BCUT2D eigenvalue weighted by Gasteiger charge is 2.06. The molecule has 0 unspecified atom stereocenters. The number of hydrogen-bond acceptors (Lipinski definition) is 5. The van der Waals surface area contributed by atoms with Crippen molar-refractivity contribution in [1.82, 2.24) is 20.1 Å². The van der Waals surface area contributed by atoms with Gasteiger partial charge in [0.05, 0.1) is 12.4 Å². The molecule has 30 heavy (non-hydrogen) atoms. The molecule has 0 spiro atoms. The largest absolute Gasteiger partial charge is 0.491 e. The zero-order valence-electron chi connectivity index (χ0n) is 17.5. The zero-order valence-corrected chi connectivity index (χ0v) is 19.9. The molecule has 0 aliphatic rings. The third kappa shape index (κ3) is 7.36. The lowest BCUT2D eigenvalue weighted by Gasteiger charge is -2.14. The normalized spacial score (nSPS) is 11.3. The molecule has 0 aliphatic carbocycles. The summed E-state index contributed by atoms with van der Waals surface area (Å²) in [5.74, 6) is 3.25. The van der Waals surface area contributed by atoms with Crippen molar-refractivity contribution in [3.63, 3.8) is 0 Å². The first-order chi connectivity index (χ1) is 14.1. The maximum absolute atomic E-state index is 5.70. The maximum atomic E-state index is 5.70. The Morgan fingerprint density at radius 3 is 2.70 bits per heavy atom. The van der Waals surface area contributed by atoms with Crippen molar-refractivity contribution in [3.05, 3.63) is 60.6 Å². The molecule has 3 rings (SSSR count).